The van der Waals surface area contributed by atoms with E-state index in [2.05, 4.69) is 10.3 Å². The fourth-order valence-corrected chi connectivity index (χ4v) is 3.84. The first-order valence-electron chi connectivity index (χ1n) is 9.95. The van der Waals surface area contributed by atoms with Crippen molar-refractivity contribution < 1.29 is 19.4 Å². The van der Waals surface area contributed by atoms with Gasteiger partial charge in [-0.3, -0.25) is 14.6 Å². The van der Waals surface area contributed by atoms with Crippen molar-refractivity contribution in [2.24, 2.45) is 0 Å². The van der Waals surface area contributed by atoms with Crippen LogP contribution in [0.3, 0.4) is 0 Å². The predicted octanol–water partition coefficient (Wildman–Crippen LogP) is 1.86. The van der Waals surface area contributed by atoms with Gasteiger partial charge in [0.25, 0.3) is 0 Å². The third-order valence-electron chi connectivity index (χ3n) is 5.44. The fourth-order valence-electron chi connectivity index (χ4n) is 3.84. The molecule has 0 spiro atoms. The normalized spacial score (nSPS) is 21.3. The number of aromatic nitrogens is 1. The maximum Gasteiger partial charge on any atom is 0.228 e. The summed E-state index contributed by atoms with van der Waals surface area (Å²) in [4.78, 5) is 30.1. The smallest absolute Gasteiger partial charge is 0.228 e. The number of fused-ring (bicyclic) bond motifs is 1. The third-order valence-corrected chi connectivity index (χ3v) is 5.44. The molecule has 2 aliphatic heterocycles. The Morgan fingerprint density at radius 1 is 1.31 bits per heavy atom. The summed E-state index contributed by atoms with van der Waals surface area (Å²) in [7, 11) is 0. The average Bonchev–Trinajstić information content (AvgIpc) is 2.69. The Morgan fingerprint density at radius 2 is 2.17 bits per heavy atom. The minimum Gasteiger partial charge on any atom is -0.488 e. The molecular weight excluding hydrogens is 370 g/mol. The SMILES string of the molecule is Cc1ccnc(CC(=O)N2CC[C@@H](Oc3ccc4c(c3)NC(=O)CC4)[C@H](O)C2)c1. The fraction of sp³-hybridized carbons (Fsp3) is 0.409. The number of amides is 2. The summed E-state index contributed by atoms with van der Waals surface area (Å²) in [5, 5.41) is 13.4. The predicted molar refractivity (Wildman–Crippen MR) is 108 cm³/mol. The number of piperidine rings is 1. The number of ether oxygens (including phenoxy) is 1. The van der Waals surface area contributed by atoms with Crippen LogP contribution in [0.2, 0.25) is 0 Å². The number of benzene rings is 1. The van der Waals surface area contributed by atoms with Crippen molar-refractivity contribution in [3.8, 4) is 5.75 Å². The van der Waals surface area contributed by atoms with Crippen LogP contribution in [-0.4, -0.2) is 52.1 Å². The molecule has 1 aromatic heterocycles. The number of hydrogen-bond acceptors (Lipinski definition) is 5. The van der Waals surface area contributed by atoms with E-state index < -0.39 is 12.2 Å². The Morgan fingerprint density at radius 3 is 2.97 bits per heavy atom. The van der Waals surface area contributed by atoms with Gasteiger partial charge in [-0.05, 0) is 42.7 Å². The molecule has 0 aliphatic carbocycles. The Kier molecular flexibility index (Phi) is 5.49. The number of aliphatic hydroxyl groups is 1. The molecule has 0 saturated carbocycles. The highest BCUT2D eigenvalue weighted by Crippen LogP contribution is 2.29. The van der Waals surface area contributed by atoms with Gasteiger partial charge in [0.2, 0.25) is 11.8 Å². The molecule has 0 radical (unpaired) electrons. The molecule has 3 heterocycles. The van der Waals surface area contributed by atoms with Crippen molar-refractivity contribution in [1.82, 2.24) is 9.88 Å². The lowest BCUT2D eigenvalue weighted by atomic mass is 10.0. The Labute approximate surface area is 169 Å². The summed E-state index contributed by atoms with van der Waals surface area (Å²) in [5.74, 6) is 0.570. The molecule has 2 aromatic rings. The zero-order chi connectivity index (χ0) is 20.4. The number of β-amino-alcohol motifs (C(OH)–C–C–N with tert-alkyl or cyclic N) is 1. The van der Waals surface area contributed by atoms with Crippen LogP contribution in [0.25, 0.3) is 0 Å². The van der Waals surface area contributed by atoms with Crippen LogP contribution in [0.5, 0.6) is 5.75 Å². The number of rotatable bonds is 4. The molecule has 1 aromatic carbocycles. The maximum atomic E-state index is 12.6. The second-order valence-corrected chi connectivity index (χ2v) is 7.72. The molecule has 2 N–H and O–H groups in total. The van der Waals surface area contributed by atoms with Crippen molar-refractivity contribution >= 4 is 17.5 Å². The van der Waals surface area contributed by atoms with Crippen molar-refractivity contribution in [1.29, 1.82) is 0 Å². The highest BCUT2D eigenvalue weighted by molar-refractivity contribution is 5.94. The van der Waals surface area contributed by atoms with E-state index >= 15 is 0 Å². The summed E-state index contributed by atoms with van der Waals surface area (Å²) in [6, 6.07) is 9.42. The molecule has 29 heavy (non-hydrogen) atoms. The van der Waals surface area contributed by atoms with Crippen LogP contribution in [-0.2, 0) is 22.4 Å². The number of anilines is 1. The van der Waals surface area contributed by atoms with Crippen molar-refractivity contribution in [3.05, 3.63) is 53.3 Å². The topological polar surface area (TPSA) is 91.8 Å². The van der Waals surface area contributed by atoms with E-state index in [1.165, 1.54) is 0 Å². The minimum atomic E-state index is -0.774. The Balaban J connectivity index is 1.35. The lowest BCUT2D eigenvalue weighted by Gasteiger charge is -2.36. The van der Waals surface area contributed by atoms with Crippen LogP contribution in [0.4, 0.5) is 5.69 Å². The van der Waals surface area contributed by atoms with E-state index in [1.807, 2.05) is 31.2 Å². The van der Waals surface area contributed by atoms with Crippen LogP contribution in [0.15, 0.2) is 36.5 Å². The molecule has 2 amide bonds. The van der Waals surface area contributed by atoms with Gasteiger partial charge in [0.1, 0.15) is 18.0 Å². The average molecular weight is 395 g/mol. The van der Waals surface area contributed by atoms with Crippen molar-refractivity contribution in [2.75, 3.05) is 18.4 Å². The van der Waals surface area contributed by atoms with Gasteiger partial charge in [0.15, 0.2) is 0 Å². The van der Waals surface area contributed by atoms with Gasteiger partial charge < -0.3 is 20.1 Å². The summed E-state index contributed by atoms with van der Waals surface area (Å²) in [5.41, 5.74) is 3.66. The van der Waals surface area contributed by atoms with E-state index in [-0.39, 0.29) is 24.8 Å². The van der Waals surface area contributed by atoms with Crippen LogP contribution >= 0.6 is 0 Å². The van der Waals surface area contributed by atoms with Gasteiger partial charge in [0.05, 0.1) is 13.0 Å². The number of nitrogens with zero attached hydrogens (tertiary/aromatic N) is 2. The lowest BCUT2D eigenvalue weighted by molar-refractivity contribution is -0.136. The molecule has 0 bridgehead atoms. The van der Waals surface area contributed by atoms with Gasteiger partial charge in [-0.1, -0.05) is 6.07 Å². The first-order valence-corrected chi connectivity index (χ1v) is 9.95. The number of pyridine rings is 1. The molecule has 1 fully saturated rings. The number of aliphatic hydroxyl groups excluding tert-OH is 1. The first kappa shape index (κ1) is 19.4. The third kappa shape index (κ3) is 4.56. The second-order valence-electron chi connectivity index (χ2n) is 7.72. The first-order chi connectivity index (χ1) is 14.0. The van der Waals surface area contributed by atoms with Gasteiger partial charge in [-0.2, -0.15) is 0 Å². The number of carbonyl (C=O) groups is 2. The number of aryl methyl sites for hydroxylation is 2. The summed E-state index contributed by atoms with van der Waals surface area (Å²) in [6.45, 7) is 2.72. The molecule has 0 unspecified atom stereocenters. The van der Waals surface area contributed by atoms with Gasteiger partial charge in [-0.25, -0.2) is 0 Å². The largest absolute Gasteiger partial charge is 0.488 e. The zero-order valence-electron chi connectivity index (χ0n) is 16.4. The highest BCUT2D eigenvalue weighted by Gasteiger charge is 2.32. The van der Waals surface area contributed by atoms with Crippen molar-refractivity contribution in [3.63, 3.8) is 0 Å². The monoisotopic (exact) mass is 395 g/mol. The van der Waals surface area contributed by atoms with Gasteiger partial charge in [0, 0.05) is 43.0 Å². The highest BCUT2D eigenvalue weighted by atomic mass is 16.5. The zero-order valence-corrected chi connectivity index (χ0v) is 16.4. The molecule has 4 rings (SSSR count). The Bertz CT molecular complexity index is 930. The van der Waals surface area contributed by atoms with Crippen molar-refractivity contribution in [2.45, 2.75) is 44.8 Å². The lowest BCUT2D eigenvalue weighted by Crippen LogP contribution is -2.51. The molecular formula is C22H25N3O4. The van der Waals surface area contributed by atoms with Crippen LogP contribution in [0.1, 0.15) is 29.7 Å². The summed E-state index contributed by atoms with van der Waals surface area (Å²) in [6.07, 6.45) is 2.52. The summed E-state index contributed by atoms with van der Waals surface area (Å²) < 4.78 is 5.98. The van der Waals surface area contributed by atoms with Gasteiger partial charge >= 0.3 is 0 Å². The van der Waals surface area contributed by atoms with Gasteiger partial charge in [-0.15, -0.1) is 0 Å². The maximum absolute atomic E-state index is 12.6. The molecule has 7 heteroatoms. The molecule has 152 valence electrons. The Hall–Kier alpha value is -2.93. The number of likely N-dealkylation sites (tertiary alicyclic amines) is 1. The number of hydrogen-bond donors (Lipinski definition) is 2. The van der Waals surface area contributed by atoms with E-state index in [0.29, 0.717) is 25.1 Å². The minimum absolute atomic E-state index is 0.00426. The van der Waals surface area contributed by atoms with Crippen LogP contribution < -0.4 is 10.1 Å². The molecule has 7 nitrogen and oxygen atoms in total. The molecule has 2 aliphatic rings. The van der Waals surface area contributed by atoms with E-state index in [4.69, 9.17) is 4.74 Å². The quantitative estimate of drug-likeness (QED) is 0.825. The van der Waals surface area contributed by atoms with E-state index in [0.717, 1.165) is 28.9 Å². The standard InChI is InChI=1S/C22H25N3O4/c1-14-6-8-23-16(10-14)11-22(28)25-9-7-20(19(26)13-25)29-17-4-2-15-3-5-21(27)24-18(15)12-17/h2,4,6,8,10,12,19-20,26H,3,5,7,9,11,13H2,1H3,(H,24,27)/t19-,20-/m1/s1. The van der Waals surface area contributed by atoms with E-state index in [1.54, 1.807) is 17.2 Å². The molecule has 2 atom stereocenters. The second kappa shape index (κ2) is 8.21. The van der Waals surface area contributed by atoms with E-state index in [9.17, 15) is 14.7 Å². The molecule has 1 saturated heterocycles. The summed E-state index contributed by atoms with van der Waals surface area (Å²) >= 11 is 0. The number of carbonyl (C=O) groups excluding carboxylic acids is 2. The number of nitrogens with one attached hydrogen (secondary N) is 1. The van der Waals surface area contributed by atoms with Crippen LogP contribution in [0, 0.1) is 6.92 Å².